The number of aliphatic hydroxyl groups is 1. The van der Waals surface area contributed by atoms with Gasteiger partial charge in [0.05, 0.1) is 25.0 Å². The molecule has 38 heavy (non-hydrogen) atoms. The number of aliphatic carboxylic acids is 1. The van der Waals surface area contributed by atoms with Gasteiger partial charge in [0.1, 0.15) is 0 Å². The van der Waals surface area contributed by atoms with Gasteiger partial charge in [-0.3, -0.25) is 19.2 Å². The van der Waals surface area contributed by atoms with Crippen molar-refractivity contribution >= 4 is 23.5 Å². The number of rotatable bonds is 8. The van der Waals surface area contributed by atoms with E-state index < -0.39 is 59.3 Å². The Morgan fingerprint density at radius 2 is 1.97 bits per heavy atom. The number of hydrogen-bond donors (Lipinski definition) is 2. The van der Waals surface area contributed by atoms with Crippen molar-refractivity contribution in [2.45, 2.75) is 96.2 Å². The first-order chi connectivity index (χ1) is 18.0. The van der Waals surface area contributed by atoms with Gasteiger partial charge < -0.3 is 24.4 Å². The van der Waals surface area contributed by atoms with Crippen molar-refractivity contribution in [1.29, 1.82) is 0 Å². The van der Waals surface area contributed by atoms with E-state index in [1.54, 1.807) is 12.2 Å². The van der Waals surface area contributed by atoms with Gasteiger partial charge in [0.25, 0.3) is 0 Å². The molecule has 4 unspecified atom stereocenters. The van der Waals surface area contributed by atoms with Gasteiger partial charge in [0, 0.05) is 16.7 Å². The molecule has 4 aliphatic carbocycles. The lowest BCUT2D eigenvalue weighted by molar-refractivity contribution is -0.201. The summed E-state index contributed by atoms with van der Waals surface area (Å²) in [6, 6.07) is 0. The van der Waals surface area contributed by atoms with Crippen LogP contribution in [0.1, 0.15) is 72.1 Å². The largest absolute Gasteiger partial charge is 0.481 e. The van der Waals surface area contributed by atoms with Crippen LogP contribution in [0.15, 0.2) is 23.8 Å². The highest BCUT2D eigenvalue weighted by Crippen LogP contribution is 2.69. The summed E-state index contributed by atoms with van der Waals surface area (Å²) in [5.74, 6) is -2.27. The molecule has 0 aromatic heterocycles. The Morgan fingerprint density at radius 1 is 1.21 bits per heavy atom. The minimum absolute atomic E-state index is 0.0207. The SMILES string of the molecule is CCCC1O[C@H]2CC3C4CCC5=CC(=O)C=C[C@]5(C)C4[C@@H](O)C[C@]3(C)[C@]2(C(=O)COC(=O)CCC(=O)O)O1. The molecule has 1 heterocycles. The standard InChI is InChI=1S/C29H38O9/c1-4-5-25-37-22-13-19-18-7-6-16-12-17(30)10-11-27(16,2)26(18)20(31)14-28(19,3)29(22,38-25)21(32)15-36-24(35)9-8-23(33)34/h10-12,18-20,22,25-26,31H,4-9,13-15H2,1-3H3,(H,33,34)/t18?,19?,20-,22-,25?,26?,27-,28-,29+/m0/s1. The maximum atomic E-state index is 14.0. The van der Waals surface area contributed by atoms with Crippen LogP contribution in [0.25, 0.3) is 0 Å². The molecule has 0 aromatic rings. The van der Waals surface area contributed by atoms with Crippen molar-refractivity contribution in [3.63, 3.8) is 0 Å². The predicted octanol–water partition coefficient (Wildman–Crippen LogP) is 3.13. The van der Waals surface area contributed by atoms with Crippen LogP contribution in [-0.4, -0.2) is 64.4 Å². The van der Waals surface area contributed by atoms with E-state index in [9.17, 15) is 24.3 Å². The first-order valence-corrected chi connectivity index (χ1v) is 13.8. The second-order valence-electron chi connectivity index (χ2n) is 12.1. The maximum Gasteiger partial charge on any atom is 0.306 e. The number of fused-ring (bicyclic) bond motifs is 7. The molecule has 5 aliphatic rings. The molecule has 9 atom stereocenters. The van der Waals surface area contributed by atoms with Gasteiger partial charge in [-0.2, -0.15) is 0 Å². The number of ketones is 2. The normalized spacial score (nSPS) is 42.9. The van der Waals surface area contributed by atoms with E-state index in [1.807, 2.05) is 19.9 Å². The quantitative estimate of drug-likeness (QED) is 0.454. The van der Waals surface area contributed by atoms with E-state index in [1.165, 1.54) is 0 Å². The van der Waals surface area contributed by atoms with Gasteiger partial charge in [-0.1, -0.05) is 38.8 Å². The summed E-state index contributed by atoms with van der Waals surface area (Å²) < 4.78 is 18.1. The average Bonchev–Trinajstić information content (AvgIpc) is 3.33. The Labute approximate surface area is 222 Å². The molecule has 9 heteroatoms. The molecule has 1 saturated heterocycles. The highest BCUT2D eigenvalue weighted by Gasteiger charge is 2.75. The molecule has 208 valence electrons. The average molecular weight is 531 g/mol. The maximum absolute atomic E-state index is 14.0. The Kier molecular flexibility index (Phi) is 6.93. The van der Waals surface area contributed by atoms with E-state index in [0.29, 0.717) is 19.3 Å². The van der Waals surface area contributed by atoms with Crippen molar-refractivity contribution in [3.8, 4) is 0 Å². The molecule has 9 nitrogen and oxygen atoms in total. The van der Waals surface area contributed by atoms with Crippen molar-refractivity contribution in [2.75, 3.05) is 6.61 Å². The number of carboxylic acid groups (broad SMARTS) is 1. The van der Waals surface area contributed by atoms with Crippen LogP contribution in [0.4, 0.5) is 0 Å². The van der Waals surface area contributed by atoms with Gasteiger partial charge in [0.2, 0.25) is 5.78 Å². The van der Waals surface area contributed by atoms with Crippen molar-refractivity contribution in [3.05, 3.63) is 23.8 Å². The van der Waals surface area contributed by atoms with E-state index in [2.05, 4.69) is 6.92 Å². The number of carbonyl (C=O) groups excluding carboxylic acids is 3. The number of Topliss-reactive ketones (excluding diaryl/α,β-unsaturated/α-hetero) is 1. The fraction of sp³-hybridized carbons (Fsp3) is 0.724. The van der Waals surface area contributed by atoms with E-state index in [4.69, 9.17) is 19.3 Å². The summed E-state index contributed by atoms with van der Waals surface area (Å²) in [5, 5.41) is 20.6. The van der Waals surface area contributed by atoms with Gasteiger partial charge in [-0.25, -0.2) is 0 Å². The number of allylic oxidation sites excluding steroid dienone is 4. The van der Waals surface area contributed by atoms with Gasteiger partial charge in [0.15, 0.2) is 24.3 Å². The molecule has 0 radical (unpaired) electrons. The minimum Gasteiger partial charge on any atom is -0.481 e. The summed E-state index contributed by atoms with van der Waals surface area (Å²) in [7, 11) is 0. The molecule has 2 N–H and O–H groups in total. The summed E-state index contributed by atoms with van der Waals surface area (Å²) in [6.07, 6.45) is 6.63. The number of hydrogen-bond acceptors (Lipinski definition) is 8. The fourth-order valence-electron chi connectivity index (χ4n) is 8.54. The molecule has 4 fully saturated rings. The molecule has 0 amide bonds. The van der Waals surface area contributed by atoms with Gasteiger partial charge in [-0.15, -0.1) is 0 Å². The highest BCUT2D eigenvalue weighted by atomic mass is 16.7. The van der Waals surface area contributed by atoms with Crippen molar-refractivity contribution in [1.82, 2.24) is 0 Å². The zero-order valence-electron chi connectivity index (χ0n) is 22.3. The third-order valence-corrected chi connectivity index (χ3v) is 10.1. The molecule has 0 spiro atoms. The summed E-state index contributed by atoms with van der Waals surface area (Å²) >= 11 is 0. The van der Waals surface area contributed by atoms with Gasteiger partial charge in [-0.05, 0) is 56.1 Å². The van der Waals surface area contributed by atoms with Gasteiger partial charge >= 0.3 is 11.9 Å². The van der Waals surface area contributed by atoms with E-state index in [-0.39, 0.29) is 36.4 Å². The first kappa shape index (κ1) is 27.2. The zero-order chi connectivity index (χ0) is 27.5. The van der Waals surface area contributed by atoms with Crippen LogP contribution in [0.3, 0.4) is 0 Å². The smallest absolute Gasteiger partial charge is 0.306 e. The van der Waals surface area contributed by atoms with Crippen molar-refractivity contribution < 1.29 is 43.6 Å². The highest BCUT2D eigenvalue weighted by molar-refractivity contribution is 6.01. The monoisotopic (exact) mass is 530 g/mol. The molecule has 0 aromatic carbocycles. The summed E-state index contributed by atoms with van der Waals surface area (Å²) in [6.45, 7) is 5.59. The topological polar surface area (TPSA) is 136 Å². The Balaban J connectivity index is 1.45. The lowest BCUT2D eigenvalue weighted by Crippen LogP contribution is -2.63. The van der Waals surface area contributed by atoms with Crippen LogP contribution >= 0.6 is 0 Å². The second kappa shape index (κ2) is 9.68. The lowest BCUT2D eigenvalue weighted by Gasteiger charge is -2.59. The van der Waals surface area contributed by atoms with E-state index in [0.717, 1.165) is 24.8 Å². The number of esters is 1. The second-order valence-corrected chi connectivity index (χ2v) is 12.1. The Bertz CT molecular complexity index is 1090. The molecular weight excluding hydrogens is 492 g/mol. The molecule has 1 aliphatic heterocycles. The molecular formula is C29H38O9. The lowest BCUT2D eigenvalue weighted by atomic mass is 9.46. The van der Waals surface area contributed by atoms with Crippen LogP contribution in [0, 0.1) is 28.6 Å². The Hall–Kier alpha value is -2.36. The minimum atomic E-state index is -1.37. The number of ether oxygens (including phenoxy) is 3. The van der Waals surface area contributed by atoms with Crippen molar-refractivity contribution in [2.24, 2.45) is 28.6 Å². The van der Waals surface area contributed by atoms with Crippen LogP contribution < -0.4 is 0 Å². The Morgan fingerprint density at radius 3 is 2.68 bits per heavy atom. The fourth-order valence-corrected chi connectivity index (χ4v) is 8.54. The molecule has 5 rings (SSSR count). The number of carboxylic acids is 1. The zero-order valence-corrected chi connectivity index (χ0v) is 22.3. The third kappa shape index (κ3) is 4.00. The number of carbonyl (C=O) groups is 4. The summed E-state index contributed by atoms with van der Waals surface area (Å²) in [5.41, 5.74) is -1.50. The van der Waals surface area contributed by atoms with Crippen LogP contribution in [-0.2, 0) is 33.4 Å². The van der Waals surface area contributed by atoms with E-state index >= 15 is 0 Å². The molecule has 3 saturated carbocycles. The predicted molar refractivity (Wildman–Crippen MR) is 134 cm³/mol. The van der Waals surface area contributed by atoms with Crippen LogP contribution in [0.2, 0.25) is 0 Å². The first-order valence-electron chi connectivity index (χ1n) is 13.8. The third-order valence-electron chi connectivity index (χ3n) is 10.1. The number of aliphatic hydroxyl groups excluding tert-OH is 1. The van der Waals surface area contributed by atoms with Crippen LogP contribution in [0.5, 0.6) is 0 Å². The summed E-state index contributed by atoms with van der Waals surface area (Å²) in [4.78, 5) is 49.0. The molecule has 0 bridgehead atoms.